The lowest BCUT2D eigenvalue weighted by Crippen LogP contribution is -2.10. The fourth-order valence-electron chi connectivity index (χ4n) is 1.17. The summed E-state index contributed by atoms with van der Waals surface area (Å²) < 4.78 is 38.5. The number of hydrogen-bond donors (Lipinski definition) is 2. The third-order valence-corrected chi connectivity index (χ3v) is 1.82. The minimum Gasteiger partial charge on any atom is -0.388 e. The smallest absolute Gasteiger partial charge is 0.134 e. The van der Waals surface area contributed by atoms with Gasteiger partial charge >= 0.3 is 0 Å². The summed E-state index contributed by atoms with van der Waals surface area (Å²) in [6, 6.07) is 1.05. The Balaban J connectivity index is 3.07. The zero-order valence-corrected chi connectivity index (χ0v) is 7.30. The van der Waals surface area contributed by atoms with Crippen LogP contribution in [-0.4, -0.2) is 11.7 Å². The maximum atomic E-state index is 13.0. The average molecular weight is 205 g/mol. The Morgan fingerprint density at radius 2 is 1.71 bits per heavy atom. The van der Waals surface area contributed by atoms with E-state index in [2.05, 4.69) is 0 Å². The van der Waals surface area contributed by atoms with Gasteiger partial charge in [-0.05, 0) is 13.0 Å². The monoisotopic (exact) mass is 205 g/mol. The van der Waals surface area contributed by atoms with Crippen LogP contribution in [0.15, 0.2) is 12.1 Å². The van der Waals surface area contributed by atoms with Gasteiger partial charge in [0.2, 0.25) is 0 Å². The molecule has 0 saturated heterocycles. The molecule has 0 amide bonds. The molecule has 0 saturated carbocycles. The van der Waals surface area contributed by atoms with Gasteiger partial charge < -0.3 is 10.8 Å². The molecule has 0 aromatic heterocycles. The van der Waals surface area contributed by atoms with Crippen LogP contribution >= 0.6 is 0 Å². The van der Waals surface area contributed by atoms with Crippen molar-refractivity contribution in [2.24, 2.45) is 5.73 Å². The predicted octanol–water partition coefficient (Wildman–Crippen LogP) is 1.49. The molecule has 78 valence electrons. The van der Waals surface area contributed by atoms with Gasteiger partial charge in [-0.15, -0.1) is 0 Å². The van der Waals surface area contributed by atoms with Gasteiger partial charge in [-0.25, -0.2) is 13.2 Å². The zero-order chi connectivity index (χ0) is 10.7. The lowest BCUT2D eigenvalue weighted by atomic mass is 10.1. The van der Waals surface area contributed by atoms with E-state index in [-0.39, 0.29) is 13.0 Å². The molecule has 0 aliphatic carbocycles. The van der Waals surface area contributed by atoms with Crippen molar-refractivity contribution < 1.29 is 18.3 Å². The van der Waals surface area contributed by atoms with Crippen LogP contribution in [0.2, 0.25) is 0 Å². The molecule has 2 nitrogen and oxygen atoms in total. The maximum absolute atomic E-state index is 13.0. The number of nitrogens with two attached hydrogens (primary N) is 1. The highest BCUT2D eigenvalue weighted by molar-refractivity contribution is 5.23. The van der Waals surface area contributed by atoms with Crippen LogP contribution in [0, 0.1) is 17.5 Å². The molecule has 1 atom stereocenters. The first-order valence-electron chi connectivity index (χ1n) is 4.09. The Morgan fingerprint density at radius 1 is 1.21 bits per heavy atom. The van der Waals surface area contributed by atoms with E-state index in [1.807, 2.05) is 0 Å². The summed E-state index contributed by atoms with van der Waals surface area (Å²) in [5.74, 6) is -3.20. The highest BCUT2D eigenvalue weighted by atomic mass is 19.1. The van der Waals surface area contributed by atoms with Crippen LogP contribution in [0.1, 0.15) is 18.1 Å². The molecule has 0 bridgehead atoms. The number of hydrogen-bond acceptors (Lipinski definition) is 2. The molecular weight excluding hydrogens is 195 g/mol. The van der Waals surface area contributed by atoms with Crippen molar-refractivity contribution >= 4 is 0 Å². The van der Waals surface area contributed by atoms with Crippen LogP contribution in [-0.2, 0) is 0 Å². The van der Waals surface area contributed by atoms with Gasteiger partial charge in [-0.2, -0.15) is 0 Å². The van der Waals surface area contributed by atoms with Gasteiger partial charge in [0, 0.05) is 12.1 Å². The molecule has 0 aliphatic rings. The highest BCUT2D eigenvalue weighted by Gasteiger charge is 2.18. The number of halogens is 3. The topological polar surface area (TPSA) is 46.2 Å². The number of rotatable bonds is 3. The molecule has 0 radical (unpaired) electrons. The summed E-state index contributed by atoms with van der Waals surface area (Å²) in [4.78, 5) is 0. The van der Waals surface area contributed by atoms with Crippen molar-refractivity contribution in [3.8, 4) is 0 Å². The lowest BCUT2D eigenvalue weighted by molar-refractivity contribution is 0.160. The summed E-state index contributed by atoms with van der Waals surface area (Å²) in [6.07, 6.45) is -1.31. The molecule has 1 aromatic carbocycles. The van der Waals surface area contributed by atoms with Crippen LogP contribution in [0.25, 0.3) is 0 Å². The largest absolute Gasteiger partial charge is 0.388 e. The molecule has 0 unspecified atom stereocenters. The predicted molar refractivity (Wildman–Crippen MR) is 44.9 cm³/mol. The SMILES string of the molecule is NCC[C@@H](O)c1c(F)cc(F)cc1F. The fourth-order valence-corrected chi connectivity index (χ4v) is 1.17. The van der Waals surface area contributed by atoms with Crippen molar-refractivity contribution in [3.63, 3.8) is 0 Å². The molecule has 1 aromatic rings. The Labute approximate surface area is 79.2 Å². The van der Waals surface area contributed by atoms with Gasteiger partial charge in [-0.3, -0.25) is 0 Å². The van der Waals surface area contributed by atoms with E-state index in [0.717, 1.165) is 0 Å². The van der Waals surface area contributed by atoms with Gasteiger partial charge in [0.05, 0.1) is 11.7 Å². The first-order chi connectivity index (χ1) is 6.56. The minimum atomic E-state index is -1.33. The molecule has 14 heavy (non-hydrogen) atoms. The van der Waals surface area contributed by atoms with Crippen LogP contribution < -0.4 is 5.73 Å². The quantitative estimate of drug-likeness (QED) is 0.785. The second-order valence-electron chi connectivity index (χ2n) is 2.88. The van der Waals surface area contributed by atoms with Gasteiger partial charge in [0.25, 0.3) is 0 Å². The summed E-state index contributed by atoms with van der Waals surface area (Å²) in [5.41, 5.74) is 4.59. The van der Waals surface area contributed by atoms with E-state index < -0.39 is 29.1 Å². The molecule has 3 N–H and O–H groups in total. The maximum Gasteiger partial charge on any atom is 0.134 e. The number of aliphatic hydroxyl groups is 1. The first-order valence-corrected chi connectivity index (χ1v) is 4.09. The Hall–Kier alpha value is -1.07. The number of aliphatic hydroxyl groups excluding tert-OH is 1. The zero-order valence-electron chi connectivity index (χ0n) is 7.30. The van der Waals surface area contributed by atoms with Gasteiger partial charge in [0.15, 0.2) is 0 Å². The molecule has 5 heteroatoms. The van der Waals surface area contributed by atoms with Crippen LogP contribution in [0.5, 0.6) is 0 Å². The van der Waals surface area contributed by atoms with E-state index in [4.69, 9.17) is 5.73 Å². The minimum absolute atomic E-state index is 0.0273. The average Bonchev–Trinajstić information content (AvgIpc) is 2.01. The number of benzene rings is 1. The van der Waals surface area contributed by atoms with E-state index in [1.165, 1.54) is 0 Å². The van der Waals surface area contributed by atoms with Crippen molar-refractivity contribution in [2.45, 2.75) is 12.5 Å². The highest BCUT2D eigenvalue weighted by Crippen LogP contribution is 2.23. The summed E-state index contributed by atoms with van der Waals surface area (Å²) in [6.45, 7) is 0.0947. The van der Waals surface area contributed by atoms with E-state index >= 15 is 0 Å². The van der Waals surface area contributed by atoms with E-state index in [9.17, 15) is 18.3 Å². The molecule has 0 aliphatic heterocycles. The van der Waals surface area contributed by atoms with Crippen LogP contribution in [0.4, 0.5) is 13.2 Å². The third kappa shape index (κ3) is 2.24. The van der Waals surface area contributed by atoms with Crippen LogP contribution in [0.3, 0.4) is 0 Å². The van der Waals surface area contributed by atoms with E-state index in [1.54, 1.807) is 0 Å². The van der Waals surface area contributed by atoms with Crippen molar-refractivity contribution in [3.05, 3.63) is 35.1 Å². The fraction of sp³-hybridized carbons (Fsp3) is 0.333. The second-order valence-corrected chi connectivity index (χ2v) is 2.88. The summed E-state index contributed by atoms with van der Waals surface area (Å²) in [7, 11) is 0. The molecule has 0 fully saturated rings. The van der Waals surface area contributed by atoms with Gasteiger partial charge in [0.1, 0.15) is 17.5 Å². The Morgan fingerprint density at radius 3 is 2.14 bits per heavy atom. The molecular formula is C9H10F3NO. The molecule has 0 spiro atoms. The van der Waals surface area contributed by atoms with Crippen molar-refractivity contribution in [1.29, 1.82) is 0 Å². The Kier molecular flexibility index (Phi) is 3.49. The summed E-state index contributed by atoms with van der Waals surface area (Å²) in [5, 5.41) is 9.29. The third-order valence-electron chi connectivity index (χ3n) is 1.82. The molecule has 1 rings (SSSR count). The van der Waals surface area contributed by atoms with E-state index in [0.29, 0.717) is 12.1 Å². The summed E-state index contributed by atoms with van der Waals surface area (Å²) >= 11 is 0. The van der Waals surface area contributed by atoms with Crippen molar-refractivity contribution in [1.82, 2.24) is 0 Å². The lowest BCUT2D eigenvalue weighted by Gasteiger charge is -2.11. The first kappa shape index (κ1) is 11.0. The standard InChI is InChI=1S/C9H10F3NO/c10-5-3-6(11)9(7(12)4-5)8(14)1-2-13/h3-4,8,14H,1-2,13H2/t8-/m1/s1. The van der Waals surface area contributed by atoms with Gasteiger partial charge in [-0.1, -0.05) is 0 Å². The Bertz CT molecular complexity index is 307. The normalized spacial score (nSPS) is 12.9. The molecule has 0 heterocycles. The second kappa shape index (κ2) is 4.43. The van der Waals surface area contributed by atoms with Crippen molar-refractivity contribution in [2.75, 3.05) is 6.54 Å².